The summed E-state index contributed by atoms with van der Waals surface area (Å²) < 4.78 is 19.2. The van der Waals surface area contributed by atoms with Crippen LogP contribution in [0.1, 0.15) is 25.0 Å². The Hall–Kier alpha value is -1.94. The van der Waals surface area contributed by atoms with E-state index in [0.717, 1.165) is 17.7 Å². The molecule has 2 aromatic rings. The molecule has 4 heteroatoms. The Kier molecular flexibility index (Phi) is 5.69. The van der Waals surface area contributed by atoms with Crippen LogP contribution in [0.25, 0.3) is 0 Å². The van der Waals surface area contributed by atoms with Gasteiger partial charge in [-0.3, -0.25) is 4.98 Å². The third-order valence-corrected chi connectivity index (χ3v) is 3.12. The number of aromatic nitrogens is 1. The van der Waals surface area contributed by atoms with Crippen LogP contribution in [0.5, 0.6) is 5.75 Å². The largest absolute Gasteiger partial charge is 0.493 e. The molecule has 1 aromatic carbocycles. The van der Waals surface area contributed by atoms with Gasteiger partial charge in [0.15, 0.2) is 0 Å². The zero-order valence-corrected chi connectivity index (χ0v) is 12.5. The molecule has 1 N–H and O–H groups in total. The van der Waals surface area contributed by atoms with E-state index in [2.05, 4.69) is 24.1 Å². The van der Waals surface area contributed by atoms with Gasteiger partial charge in [-0.05, 0) is 35.9 Å². The molecule has 0 saturated heterocycles. The standard InChI is InChI=1S/C17H21FN2O/c1-13(2)20-12-15-11-16(18)3-4-17(15)21-10-7-14-5-8-19-9-6-14/h3-6,8-9,11,13,20H,7,10,12H2,1-2H3. The van der Waals surface area contributed by atoms with Gasteiger partial charge in [-0.2, -0.15) is 0 Å². The van der Waals surface area contributed by atoms with Gasteiger partial charge in [-0.15, -0.1) is 0 Å². The lowest BCUT2D eigenvalue weighted by Crippen LogP contribution is -2.22. The van der Waals surface area contributed by atoms with Gasteiger partial charge in [0, 0.05) is 37.0 Å². The first-order valence-corrected chi connectivity index (χ1v) is 7.18. The fourth-order valence-corrected chi connectivity index (χ4v) is 1.97. The molecular weight excluding hydrogens is 267 g/mol. The van der Waals surface area contributed by atoms with Gasteiger partial charge < -0.3 is 10.1 Å². The molecule has 0 aliphatic carbocycles. The Bertz CT molecular complexity index is 558. The predicted octanol–water partition coefficient (Wildman–Crippen LogP) is 3.34. The molecule has 0 unspecified atom stereocenters. The molecule has 0 spiro atoms. The lowest BCUT2D eigenvalue weighted by atomic mass is 10.1. The Morgan fingerprint density at radius 2 is 1.95 bits per heavy atom. The Morgan fingerprint density at radius 1 is 1.19 bits per heavy atom. The van der Waals surface area contributed by atoms with Crippen molar-refractivity contribution in [3.05, 3.63) is 59.7 Å². The third kappa shape index (κ3) is 5.16. The zero-order chi connectivity index (χ0) is 15.1. The summed E-state index contributed by atoms with van der Waals surface area (Å²) in [5.74, 6) is 0.496. The van der Waals surface area contributed by atoms with Crippen molar-refractivity contribution in [2.75, 3.05) is 6.61 Å². The highest BCUT2D eigenvalue weighted by atomic mass is 19.1. The first-order chi connectivity index (χ1) is 10.1. The maximum absolute atomic E-state index is 13.4. The van der Waals surface area contributed by atoms with E-state index in [0.29, 0.717) is 19.2 Å². The molecule has 0 radical (unpaired) electrons. The number of halogens is 1. The molecule has 0 bridgehead atoms. The molecule has 0 aliphatic rings. The first-order valence-electron chi connectivity index (χ1n) is 7.18. The summed E-state index contributed by atoms with van der Waals surface area (Å²) in [4.78, 5) is 3.99. The number of nitrogens with zero attached hydrogens (tertiary/aromatic N) is 1. The summed E-state index contributed by atoms with van der Waals surface area (Å²) in [6.45, 7) is 5.27. The van der Waals surface area contributed by atoms with Crippen molar-refractivity contribution in [1.29, 1.82) is 0 Å². The van der Waals surface area contributed by atoms with Gasteiger partial charge in [-0.1, -0.05) is 13.8 Å². The molecule has 1 heterocycles. The summed E-state index contributed by atoms with van der Waals surface area (Å²) in [5.41, 5.74) is 2.02. The normalized spacial score (nSPS) is 10.9. The second-order valence-electron chi connectivity index (χ2n) is 5.24. The summed E-state index contributed by atoms with van der Waals surface area (Å²) in [7, 11) is 0. The van der Waals surface area contributed by atoms with Gasteiger partial charge in [0.05, 0.1) is 6.61 Å². The molecule has 0 fully saturated rings. The summed E-state index contributed by atoms with van der Waals surface area (Å²) in [6.07, 6.45) is 4.34. The molecule has 0 aliphatic heterocycles. The van der Waals surface area contributed by atoms with Crippen LogP contribution in [0.15, 0.2) is 42.7 Å². The second kappa shape index (κ2) is 7.74. The maximum atomic E-state index is 13.4. The van der Waals surface area contributed by atoms with E-state index in [9.17, 15) is 4.39 Å². The zero-order valence-electron chi connectivity index (χ0n) is 12.5. The van der Waals surface area contributed by atoms with E-state index >= 15 is 0 Å². The SMILES string of the molecule is CC(C)NCc1cc(F)ccc1OCCc1ccncc1. The predicted molar refractivity (Wildman–Crippen MR) is 81.8 cm³/mol. The van der Waals surface area contributed by atoms with Gasteiger partial charge in [-0.25, -0.2) is 4.39 Å². The number of nitrogens with one attached hydrogen (secondary N) is 1. The monoisotopic (exact) mass is 288 g/mol. The van der Waals surface area contributed by atoms with Gasteiger partial charge in [0.1, 0.15) is 11.6 Å². The summed E-state index contributed by atoms with van der Waals surface area (Å²) in [5, 5.41) is 3.28. The third-order valence-electron chi connectivity index (χ3n) is 3.12. The molecule has 21 heavy (non-hydrogen) atoms. The quantitative estimate of drug-likeness (QED) is 0.848. The molecule has 0 amide bonds. The molecule has 112 valence electrons. The molecule has 2 rings (SSSR count). The average Bonchev–Trinajstić information content (AvgIpc) is 2.48. The van der Waals surface area contributed by atoms with Gasteiger partial charge in [0.25, 0.3) is 0 Å². The Balaban J connectivity index is 1.95. The molecule has 1 aromatic heterocycles. The van der Waals surface area contributed by atoms with Crippen LogP contribution in [-0.4, -0.2) is 17.6 Å². The van der Waals surface area contributed by atoms with Crippen LogP contribution in [0.3, 0.4) is 0 Å². The highest BCUT2D eigenvalue weighted by Gasteiger charge is 2.06. The van der Waals surface area contributed by atoms with Gasteiger partial charge in [0.2, 0.25) is 0 Å². The average molecular weight is 288 g/mol. The topological polar surface area (TPSA) is 34.1 Å². The van der Waals surface area contributed by atoms with E-state index in [4.69, 9.17) is 4.74 Å². The number of hydrogen-bond acceptors (Lipinski definition) is 3. The van der Waals surface area contributed by atoms with Gasteiger partial charge >= 0.3 is 0 Å². The summed E-state index contributed by atoms with van der Waals surface area (Å²) >= 11 is 0. The number of pyridine rings is 1. The van der Waals surface area contributed by atoms with Crippen LogP contribution in [0, 0.1) is 5.82 Å². The van der Waals surface area contributed by atoms with Crippen molar-refractivity contribution in [3.8, 4) is 5.75 Å². The molecule has 3 nitrogen and oxygen atoms in total. The van der Waals surface area contributed by atoms with E-state index in [1.54, 1.807) is 18.5 Å². The van der Waals surface area contributed by atoms with Crippen LogP contribution in [0.4, 0.5) is 4.39 Å². The van der Waals surface area contributed by atoms with Crippen LogP contribution < -0.4 is 10.1 Å². The van der Waals surface area contributed by atoms with E-state index in [1.807, 2.05) is 12.1 Å². The number of hydrogen-bond donors (Lipinski definition) is 1. The molecule has 0 atom stereocenters. The van der Waals surface area contributed by atoms with Crippen molar-refractivity contribution in [1.82, 2.24) is 10.3 Å². The molecule has 0 saturated carbocycles. The minimum absolute atomic E-state index is 0.239. The summed E-state index contributed by atoms with van der Waals surface area (Å²) in [6, 6.07) is 8.93. The van der Waals surface area contributed by atoms with Crippen molar-refractivity contribution in [2.45, 2.75) is 32.9 Å². The van der Waals surface area contributed by atoms with E-state index < -0.39 is 0 Å². The first kappa shape index (κ1) is 15.4. The highest BCUT2D eigenvalue weighted by molar-refractivity contribution is 5.34. The number of rotatable bonds is 7. The minimum Gasteiger partial charge on any atom is -0.493 e. The Morgan fingerprint density at radius 3 is 2.67 bits per heavy atom. The number of benzene rings is 1. The lowest BCUT2D eigenvalue weighted by molar-refractivity contribution is 0.316. The fraction of sp³-hybridized carbons (Fsp3) is 0.353. The Labute approximate surface area is 125 Å². The highest BCUT2D eigenvalue weighted by Crippen LogP contribution is 2.20. The fourth-order valence-electron chi connectivity index (χ4n) is 1.97. The molecular formula is C17H21FN2O. The van der Waals surface area contributed by atoms with Crippen LogP contribution >= 0.6 is 0 Å². The van der Waals surface area contributed by atoms with Crippen molar-refractivity contribution in [2.24, 2.45) is 0 Å². The second-order valence-corrected chi connectivity index (χ2v) is 5.24. The van der Waals surface area contributed by atoms with E-state index in [-0.39, 0.29) is 5.82 Å². The van der Waals surface area contributed by atoms with E-state index in [1.165, 1.54) is 17.7 Å². The smallest absolute Gasteiger partial charge is 0.123 e. The number of ether oxygens (including phenoxy) is 1. The van der Waals surface area contributed by atoms with Crippen LogP contribution in [0.2, 0.25) is 0 Å². The maximum Gasteiger partial charge on any atom is 0.123 e. The van der Waals surface area contributed by atoms with Crippen molar-refractivity contribution < 1.29 is 9.13 Å². The van der Waals surface area contributed by atoms with Crippen molar-refractivity contribution in [3.63, 3.8) is 0 Å². The minimum atomic E-state index is -0.239. The van der Waals surface area contributed by atoms with Crippen molar-refractivity contribution >= 4 is 0 Å². The van der Waals surface area contributed by atoms with Crippen LogP contribution in [-0.2, 0) is 13.0 Å². The lowest BCUT2D eigenvalue weighted by Gasteiger charge is -2.14.